The second-order valence-corrected chi connectivity index (χ2v) is 10.7. The molecule has 1 heterocycles. The number of benzene rings is 3. The molecule has 0 fully saturated rings. The van der Waals surface area contributed by atoms with Crippen LogP contribution in [0.25, 0.3) is 0 Å². The van der Waals surface area contributed by atoms with E-state index in [4.69, 9.17) is 32.7 Å². The van der Waals surface area contributed by atoms with Crippen LogP contribution in [0.5, 0.6) is 11.5 Å². The van der Waals surface area contributed by atoms with Gasteiger partial charge in [0.05, 0.1) is 5.02 Å². The van der Waals surface area contributed by atoms with E-state index in [1.54, 1.807) is 6.07 Å². The molecule has 0 saturated carbocycles. The molecule has 5 heteroatoms. The number of hydrogen-bond acceptors (Lipinski definition) is 2. The molecule has 0 spiro atoms. The number of aryl methyl sites for hydroxylation is 2. The lowest BCUT2D eigenvalue weighted by atomic mass is 9.98. The monoisotopic (exact) mass is 532 g/mol. The highest BCUT2D eigenvalue weighted by Crippen LogP contribution is 2.41. The van der Waals surface area contributed by atoms with Gasteiger partial charge in [0.15, 0.2) is 11.5 Å². The molecule has 0 aromatic heterocycles. The van der Waals surface area contributed by atoms with Crippen molar-refractivity contribution in [1.29, 1.82) is 0 Å². The lowest BCUT2D eigenvalue weighted by Gasteiger charge is -2.21. The van der Waals surface area contributed by atoms with E-state index >= 15 is 0 Å². The summed E-state index contributed by atoms with van der Waals surface area (Å²) in [5.41, 5.74) is 5.40. The quantitative estimate of drug-likeness (QED) is 0.333. The van der Waals surface area contributed by atoms with E-state index < -0.39 is 0 Å². The van der Waals surface area contributed by atoms with Crippen molar-refractivity contribution in [2.24, 2.45) is 0 Å². The summed E-state index contributed by atoms with van der Waals surface area (Å²) in [6.45, 7) is 17.7. The zero-order valence-corrected chi connectivity index (χ0v) is 24.2. The highest BCUT2D eigenvalue weighted by molar-refractivity contribution is 6.33. The van der Waals surface area contributed by atoms with Gasteiger partial charge in [-0.3, -0.25) is 0 Å². The lowest BCUT2D eigenvalue weighted by Crippen LogP contribution is -2.16. The highest BCUT2D eigenvalue weighted by atomic mass is 35.5. The minimum Gasteiger partial charge on any atom is -0.486 e. The summed E-state index contributed by atoms with van der Waals surface area (Å²) in [6.07, 6.45) is 0. The maximum atomic E-state index is 13.1. The third-order valence-electron chi connectivity index (χ3n) is 5.99. The molecule has 0 amide bonds. The van der Waals surface area contributed by atoms with Gasteiger partial charge in [0.2, 0.25) is 0 Å². The minimum atomic E-state index is -0.0833. The number of ether oxygens (including phenoxy) is 2. The Bertz CT molecular complexity index is 1120. The Balaban J connectivity index is 0.000000193. The lowest BCUT2D eigenvalue weighted by molar-refractivity contribution is 0.171. The minimum absolute atomic E-state index is 0.0833. The fourth-order valence-electron chi connectivity index (χ4n) is 4.03. The molecule has 4 rings (SSSR count). The summed E-state index contributed by atoms with van der Waals surface area (Å²) in [7, 11) is 0. The molecule has 3 aromatic rings. The first-order chi connectivity index (χ1) is 17.0. The van der Waals surface area contributed by atoms with Crippen molar-refractivity contribution in [3.8, 4) is 11.5 Å². The predicted molar refractivity (Wildman–Crippen MR) is 152 cm³/mol. The fourth-order valence-corrected chi connectivity index (χ4v) is 4.81. The normalized spacial score (nSPS) is 12.2. The van der Waals surface area contributed by atoms with Crippen LogP contribution in [-0.2, 0) is 0 Å². The molecular formula is C31H39Cl2FO2. The van der Waals surface area contributed by atoms with Gasteiger partial charge in [0.25, 0.3) is 0 Å². The van der Waals surface area contributed by atoms with E-state index in [1.165, 1.54) is 11.6 Å². The maximum absolute atomic E-state index is 13.1. The Morgan fingerprint density at radius 3 is 1.75 bits per heavy atom. The second-order valence-electron chi connectivity index (χ2n) is 9.91. The molecule has 196 valence electrons. The third-order valence-corrected chi connectivity index (χ3v) is 6.90. The van der Waals surface area contributed by atoms with Gasteiger partial charge >= 0.3 is 0 Å². The van der Waals surface area contributed by atoms with E-state index in [-0.39, 0.29) is 11.7 Å². The Morgan fingerprint density at radius 2 is 1.22 bits per heavy atom. The summed E-state index contributed by atoms with van der Waals surface area (Å²) in [5.74, 6) is 2.56. The van der Waals surface area contributed by atoms with Crippen molar-refractivity contribution < 1.29 is 13.9 Å². The van der Waals surface area contributed by atoms with Crippen molar-refractivity contribution in [3.05, 3.63) is 92.2 Å². The first-order valence-electron chi connectivity index (χ1n) is 12.5. The summed E-state index contributed by atoms with van der Waals surface area (Å²) in [6, 6.07) is 15.3. The van der Waals surface area contributed by atoms with E-state index in [1.807, 2.05) is 52.0 Å². The topological polar surface area (TPSA) is 18.5 Å². The summed E-state index contributed by atoms with van der Waals surface area (Å²) in [5, 5.41) is 1.61. The van der Waals surface area contributed by atoms with Crippen molar-refractivity contribution in [2.45, 2.75) is 73.1 Å². The molecule has 0 unspecified atom stereocenters. The van der Waals surface area contributed by atoms with Gasteiger partial charge in [-0.25, -0.2) is 4.39 Å². The number of rotatable bonds is 3. The molecule has 0 bridgehead atoms. The molecule has 0 N–H and O–H groups in total. The average molecular weight is 534 g/mol. The van der Waals surface area contributed by atoms with Crippen LogP contribution < -0.4 is 9.47 Å². The van der Waals surface area contributed by atoms with Gasteiger partial charge in [-0.2, -0.15) is 0 Å². The molecule has 36 heavy (non-hydrogen) atoms. The smallest absolute Gasteiger partial charge is 0.180 e. The molecular weight excluding hydrogens is 494 g/mol. The van der Waals surface area contributed by atoms with Gasteiger partial charge in [-0.1, -0.05) is 101 Å². The maximum Gasteiger partial charge on any atom is 0.180 e. The summed E-state index contributed by atoms with van der Waals surface area (Å²) < 4.78 is 24.0. The van der Waals surface area contributed by atoms with Crippen LogP contribution in [0.2, 0.25) is 10.0 Å². The Labute approximate surface area is 226 Å². The molecule has 2 nitrogen and oxygen atoms in total. The predicted octanol–water partition coefficient (Wildman–Crippen LogP) is 10.3. The van der Waals surface area contributed by atoms with Crippen LogP contribution in [0.1, 0.15) is 87.1 Å². The molecule has 3 aromatic carbocycles. The molecule has 1 aliphatic rings. The van der Waals surface area contributed by atoms with Crippen molar-refractivity contribution in [3.63, 3.8) is 0 Å². The van der Waals surface area contributed by atoms with Crippen molar-refractivity contribution in [1.82, 2.24) is 0 Å². The fraction of sp³-hybridized carbons (Fsp3) is 0.419. The Morgan fingerprint density at radius 1 is 0.667 bits per heavy atom. The SMILES string of the molecule is CC(C)c1ccc2c(c1Cl)OCCO2.Cc1cccc(C(C)C)c1Cl.Cc1cccc(F)c1C(C)C. The summed E-state index contributed by atoms with van der Waals surface area (Å²) >= 11 is 12.3. The van der Waals surface area contributed by atoms with E-state index in [0.717, 1.165) is 33.0 Å². The van der Waals surface area contributed by atoms with Crippen molar-refractivity contribution in [2.75, 3.05) is 13.2 Å². The van der Waals surface area contributed by atoms with Gasteiger partial charge in [-0.05, 0) is 71.6 Å². The number of fused-ring (bicyclic) bond motifs is 1. The molecule has 0 radical (unpaired) electrons. The average Bonchev–Trinajstić information content (AvgIpc) is 2.81. The zero-order chi connectivity index (χ0) is 27.0. The van der Waals surface area contributed by atoms with Gasteiger partial charge in [0, 0.05) is 5.02 Å². The van der Waals surface area contributed by atoms with Crippen LogP contribution in [0.4, 0.5) is 4.39 Å². The number of halogens is 3. The number of hydrogen-bond donors (Lipinski definition) is 0. The second kappa shape index (κ2) is 13.9. The summed E-state index contributed by atoms with van der Waals surface area (Å²) in [4.78, 5) is 0. The first kappa shape index (κ1) is 30.0. The van der Waals surface area contributed by atoms with Crippen LogP contribution >= 0.6 is 23.2 Å². The molecule has 1 aliphatic heterocycles. The zero-order valence-electron chi connectivity index (χ0n) is 22.7. The molecule has 0 atom stereocenters. The van der Waals surface area contributed by atoms with Gasteiger partial charge in [-0.15, -0.1) is 0 Å². The highest BCUT2D eigenvalue weighted by Gasteiger charge is 2.19. The molecule has 0 saturated heterocycles. The van der Waals surface area contributed by atoms with E-state index in [0.29, 0.717) is 35.8 Å². The van der Waals surface area contributed by atoms with Crippen LogP contribution in [0, 0.1) is 19.7 Å². The largest absolute Gasteiger partial charge is 0.486 e. The van der Waals surface area contributed by atoms with Crippen LogP contribution in [-0.4, -0.2) is 13.2 Å². The first-order valence-corrected chi connectivity index (χ1v) is 13.3. The van der Waals surface area contributed by atoms with Gasteiger partial charge in [0.1, 0.15) is 19.0 Å². The Kier molecular flexibility index (Phi) is 11.6. The Hall–Kier alpha value is -2.23. The van der Waals surface area contributed by atoms with E-state index in [2.05, 4.69) is 39.8 Å². The standard InChI is InChI=1S/C11H13ClO2.C10H13Cl.C10H13F/c1-7(2)8-3-4-9-11(10(8)12)14-6-5-13-9;1-7(2)9-6-4-5-8(3)10(9)11;1-7(2)10-8(3)5-4-6-9(10)11/h3-4,7H,5-6H2,1-2H3;2*4-7H,1-3H3. The van der Waals surface area contributed by atoms with Crippen LogP contribution in [0.3, 0.4) is 0 Å². The molecule has 0 aliphatic carbocycles. The van der Waals surface area contributed by atoms with Gasteiger partial charge < -0.3 is 9.47 Å². The van der Waals surface area contributed by atoms with E-state index in [9.17, 15) is 4.39 Å². The van der Waals surface area contributed by atoms with Crippen LogP contribution in [0.15, 0.2) is 48.5 Å². The van der Waals surface area contributed by atoms with Crippen molar-refractivity contribution >= 4 is 23.2 Å². The third kappa shape index (κ3) is 7.88.